The lowest BCUT2D eigenvalue weighted by atomic mass is 10.1. The van der Waals surface area contributed by atoms with Gasteiger partial charge in [0.05, 0.1) is 23.5 Å². The van der Waals surface area contributed by atoms with Crippen molar-refractivity contribution < 1.29 is 19.1 Å². The number of H-pyrrole nitrogens is 1. The predicted octanol–water partition coefficient (Wildman–Crippen LogP) is 3.02. The van der Waals surface area contributed by atoms with Gasteiger partial charge in [0.1, 0.15) is 16.8 Å². The summed E-state index contributed by atoms with van der Waals surface area (Å²) in [5.41, 5.74) is 2.00. The van der Waals surface area contributed by atoms with Crippen molar-refractivity contribution in [3.8, 4) is 22.8 Å². The van der Waals surface area contributed by atoms with Crippen molar-refractivity contribution in [1.29, 1.82) is 0 Å². The zero-order chi connectivity index (χ0) is 24.4. The van der Waals surface area contributed by atoms with Crippen LogP contribution in [0.2, 0.25) is 5.02 Å². The summed E-state index contributed by atoms with van der Waals surface area (Å²) >= 11 is 7.91. The molecule has 4 aromatic rings. The van der Waals surface area contributed by atoms with Crippen molar-refractivity contribution >= 4 is 50.2 Å². The molecular formula is C22H22ClN7O4S. The minimum atomic E-state index is -0.250. The van der Waals surface area contributed by atoms with Crippen molar-refractivity contribution in [3.63, 3.8) is 0 Å². The molecule has 0 radical (unpaired) electrons. The normalized spacial score (nSPS) is 13.2. The highest BCUT2D eigenvalue weighted by Crippen LogP contribution is 2.36. The molecule has 0 saturated heterocycles. The molecule has 35 heavy (non-hydrogen) atoms. The maximum Gasteiger partial charge on any atom is 0.258 e. The Labute approximate surface area is 208 Å². The molecule has 13 heteroatoms. The summed E-state index contributed by atoms with van der Waals surface area (Å²) in [7, 11) is 1.57. The zero-order valence-corrected chi connectivity index (χ0v) is 20.3. The first-order valence-corrected chi connectivity index (χ1v) is 12.1. The van der Waals surface area contributed by atoms with Crippen LogP contribution in [0, 0.1) is 5.92 Å². The summed E-state index contributed by atoms with van der Waals surface area (Å²) in [6.07, 6.45) is 5.17. The van der Waals surface area contributed by atoms with Crippen LogP contribution in [-0.4, -0.2) is 63.4 Å². The number of anilines is 1. The first-order chi connectivity index (χ1) is 17.0. The van der Waals surface area contributed by atoms with Crippen LogP contribution in [0.3, 0.4) is 0 Å². The number of nitrogens with zero attached hydrogens (tertiary/aromatic N) is 4. The van der Waals surface area contributed by atoms with E-state index >= 15 is 0 Å². The number of rotatable bonds is 10. The Kier molecular flexibility index (Phi) is 6.66. The molecular weight excluding hydrogens is 494 g/mol. The van der Waals surface area contributed by atoms with E-state index in [4.69, 9.17) is 21.1 Å². The fourth-order valence-corrected chi connectivity index (χ4v) is 4.60. The molecule has 0 spiro atoms. The van der Waals surface area contributed by atoms with E-state index < -0.39 is 0 Å². The number of methoxy groups -OCH3 is 1. The molecule has 1 saturated carbocycles. The standard InChI is InChI=1S/C22H22ClN7O4S/c1-33-7-6-25-17(31)10-34-13-4-5-14(15(23)8-13)16-9-24-11-30(16)20-18-19(28-29-20)26-22(35-18)27-21(32)12-2-3-12/h4-5,8-9,11-12H,2-3,6-7,10H2,1H3,(H,25,31)(H2,26,27,28,29,32). The molecule has 5 rings (SSSR count). The third-order valence-corrected chi connectivity index (χ3v) is 6.64. The number of imidazole rings is 1. The third kappa shape index (κ3) is 5.14. The number of nitrogens with one attached hydrogen (secondary N) is 3. The lowest BCUT2D eigenvalue weighted by Gasteiger charge is -2.11. The van der Waals surface area contributed by atoms with Crippen LogP contribution in [0.5, 0.6) is 5.75 Å². The summed E-state index contributed by atoms with van der Waals surface area (Å²) in [5, 5.41) is 13.8. The van der Waals surface area contributed by atoms with Crippen molar-refractivity contribution in [2.75, 3.05) is 32.2 Å². The van der Waals surface area contributed by atoms with Gasteiger partial charge in [-0.05, 0) is 31.0 Å². The average molecular weight is 516 g/mol. The largest absolute Gasteiger partial charge is 0.484 e. The van der Waals surface area contributed by atoms with E-state index in [-0.39, 0.29) is 24.3 Å². The van der Waals surface area contributed by atoms with E-state index in [0.29, 0.717) is 51.8 Å². The second-order valence-electron chi connectivity index (χ2n) is 7.93. The zero-order valence-electron chi connectivity index (χ0n) is 18.7. The number of carbonyl (C=O) groups is 2. The van der Waals surface area contributed by atoms with E-state index in [0.717, 1.165) is 17.5 Å². The van der Waals surface area contributed by atoms with Gasteiger partial charge >= 0.3 is 0 Å². The van der Waals surface area contributed by atoms with Crippen LogP contribution in [0.4, 0.5) is 5.13 Å². The summed E-state index contributed by atoms with van der Waals surface area (Å²) in [6, 6.07) is 5.18. The van der Waals surface area contributed by atoms with Gasteiger partial charge in [-0.15, -0.1) is 0 Å². The fraction of sp³-hybridized carbons (Fsp3) is 0.318. The summed E-state index contributed by atoms with van der Waals surface area (Å²) in [6.45, 7) is 0.713. The molecule has 0 unspecified atom stereocenters. The van der Waals surface area contributed by atoms with E-state index in [9.17, 15) is 9.59 Å². The Morgan fingerprint density at radius 1 is 1.34 bits per heavy atom. The summed E-state index contributed by atoms with van der Waals surface area (Å²) < 4.78 is 13.0. The van der Waals surface area contributed by atoms with Crippen LogP contribution >= 0.6 is 22.9 Å². The quantitative estimate of drug-likeness (QED) is 0.276. The second kappa shape index (κ2) is 10.0. The molecule has 1 aromatic carbocycles. The van der Waals surface area contributed by atoms with E-state index in [1.54, 1.807) is 42.4 Å². The van der Waals surface area contributed by atoms with Gasteiger partial charge in [-0.25, -0.2) is 9.97 Å². The Balaban J connectivity index is 1.33. The summed E-state index contributed by atoms with van der Waals surface area (Å²) in [4.78, 5) is 32.6. The number of aromatic nitrogens is 5. The maximum absolute atomic E-state index is 12.1. The first-order valence-electron chi connectivity index (χ1n) is 10.9. The van der Waals surface area contributed by atoms with Gasteiger partial charge < -0.3 is 20.1 Å². The number of aromatic amines is 1. The lowest BCUT2D eigenvalue weighted by Crippen LogP contribution is -2.31. The van der Waals surface area contributed by atoms with Crippen LogP contribution in [0.25, 0.3) is 27.4 Å². The fourth-order valence-electron chi connectivity index (χ4n) is 3.42. The molecule has 1 aliphatic rings. The minimum absolute atomic E-state index is 0.000722. The number of halogens is 1. The summed E-state index contributed by atoms with van der Waals surface area (Å²) in [5.74, 6) is 0.906. The Hall–Kier alpha value is -3.48. The van der Waals surface area contributed by atoms with Gasteiger partial charge in [0.2, 0.25) is 5.91 Å². The average Bonchev–Trinajstić information content (AvgIpc) is 3.28. The number of ether oxygens (including phenoxy) is 2. The van der Waals surface area contributed by atoms with Crippen molar-refractivity contribution in [2.45, 2.75) is 12.8 Å². The molecule has 1 aliphatic carbocycles. The molecule has 182 valence electrons. The highest BCUT2D eigenvalue weighted by atomic mass is 35.5. The first kappa shape index (κ1) is 23.3. The molecule has 2 amide bonds. The highest BCUT2D eigenvalue weighted by molar-refractivity contribution is 7.22. The smallest absolute Gasteiger partial charge is 0.258 e. The SMILES string of the molecule is COCCNC(=O)COc1ccc(-c2cncn2-c2n[nH]c3nc(NC(=O)C4CC4)sc23)c(Cl)c1. The Bertz CT molecular complexity index is 1380. The molecule has 11 nitrogen and oxygen atoms in total. The molecule has 3 aromatic heterocycles. The van der Waals surface area contributed by atoms with Gasteiger partial charge in [-0.1, -0.05) is 22.9 Å². The van der Waals surface area contributed by atoms with Crippen molar-refractivity contribution in [3.05, 3.63) is 35.7 Å². The van der Waals surface area contributed by atoms with Gasteiger partial charge in [0.25, 0.3) is 5.91 Å². The number of hydrogen-bond donors (Lipinski definition) is 3. The lowest BCUT2D eigenvalue weighted by molar-refractivity contribution is -0.123. The van der Waals surface area contributed by atoms with E-state index in [2.05, 4.69) is 30.8 Å². The number of carbonyl (C=O) groups excluding carboxylic acids is 2. The number of benzene rings is 1. The number of fused-ring (bicyclic) bond motifs is 1. The second-order valence-corrected chi connectivity index (χ2v) is 9.34. The van der Waals surface area contributed by atoms with E-state index in [1.165, 1.54) is 11.3 Å². The molecule has 0 aliphatic heterocycles. The number of hydrogen-bond acceptors (Lipinski definition) is 8. The van der Waals surface area contributed by atoms with Gasteiger partial charge in [0, 0.05) is 25.1 Å². The van der Waals surface area contributed by atoms with Gasteiger partial charge in [-0.2, -0.15) is 5.10 Å². The molecule has 1 fully saturated rings. The predicted molar refractivity (Wildman–Crippen MR) is 131 cm³/mol. The van der Waals surface area contributed by atoms with Crippen LogP contribution in [0.1, 0.15) is 12.8 Å². The van der Waals surface area contributed by atoms with Gasteiger partial charge in [-0.3, -0.25) is 19.3 Å². The molecule has 3 N–H and O–H groups in total. The third-order valence-electron chi connectivity index (χ3n) is 5.36. The van der Waals surface area contributed by atoms with Gasteiger partial charge in [0.15, 0.2) is 23.2 Å². The topological polar surface area (TPSA) is 136 Å². The Morgan fingerprint density at radius 3 is 2.97 bits per heavy atom. The Morgan fingerprint density at radius 2 is 2.20 bits per heavy atom. The van der Waals surface area contributed by atoms with E-state index in [1.807, 2.05) is 0 Å². The molecule has 3 heterocycles. The van der Waals surface area contributed by atoms with Crippen LogP contribution in [-0.2, 0) is 14.3 Å². The monoisotopic (exact) mass is 515 g/mol. The van der Waals surface area contributed by atoms with Crippen molar-refractivity contribution in [1.82, 2.24) is 30.0 Å². The number of thiazole rings is 1. The minimum Gasteiger partial charge on any atom is -0.484 e. The highest BCUT2D eigenvalue weighted by Gasteiger charge is 2.30. The number of amides is 2. The maximum atomic E-state index is 12.1. The van der Waals surface area contributed by atoms with Crippen LogP contribution < -0.4 is 15.4 Å². The molecule has 0 bridgehead atoms. The van der Waals surface area contributed by atoms with Crippen molar-refractivity contribution in [2.24, 2.45) is 5.92 Å². The molecule has 0 atom stereocenters. The van der Waals surface area contributed by atoms with Crippen LogP contribution in [0.15, 0.2) is 30.7 Å².